The number of nitrogens with one attached hydrogen (secondary N) is 1. The van der Waals surface area contributed by atoms with Gasteiger partial charge in [-0.1, -0.05) is 6.07 Å². The Hall–Kier alpha value is -3.35. The smallest absolute Gasteiger partial charge is 0.220 e. The maximum absolute atomic E-state index is 14.5. The van der Waals surface area contributed by atoms with Crippen LogP contribution in [-0.4, -0.2) is 29.7 Å². The molecule has 0 aliphatic rings. The van der Waals surface area contributed by atoms with Gasteiger partial charge in [-0.25, -0.2) is 9.37 Å². The molecule has 1 N–H and O–H groups in total. The number of hydrogen-bond donors (Lipinski definition) is 1. The molecule has 3 rings (SSSR count). The summed E-state index contributed by atoms with van der Waals surface area (Å²) in [6, 6.07) is 10.4. The van der Waals surface area contributed by atoms with Gasteiger partial charge in [-0.05, 0) is 54.8 Å². The first-order chi connectivity index (χ1) is 14.0. The highest BCUT2D eigenvalue weighted by Crippen LogP contribution is 2.25. The number of aromatic nitrogens is 2. The van der Waals surface area contributed by atoms with Crippen molar-refractivity contribution in [3.8, 4) is 17.2 Å². The van der Waals surface area contributed by atoms with Crippen LogP contribution in [0.2, 0.25) is 0 Å². The van der Waals surface area contributed by atoms with Crippen LogP contribution in [0.1, 0.15) is 23.4 Å². The maximum atomic E-state index is 14.5. The zero-order valence-corrected chi connectivity index (χ0v) is 16.7. The second kappa shape index (κ2) is 9.23. The molecule has 0 aliphatic carbocycles. The first-order valence-corrected chi connectivity index (χ1v) is 9.28. The van der Waals surface area contributed by atoms with E-state index in [4.69, 9.17) is 9.47 Å². The molecule has 1 aromatic heterocycles. The summed E-state index contributed by atoms with van der Waals surface area (Å²) in [4.78, 5) is 16.3. The SMILES string of the molecule is COc1ccc(OC)c(CCC(=O)NCc2ccc(-n3ccnc3C)c(F)c2)c1. The van der Waals surface area contributed by atoms with Crippen LogP contribution >= 0.6 is 0 Å². The van der Waals surface area contributed by atoms with Crippen LogP contribution in [0.4, 0.5) is 4.39 Å². The number of amides is 1. The fraction of sp³-hybridized carbons (Fsp3) is 0.273. The van der Waals surface area contributed by atoms with E-state index < -0.39 is 0 Å². The van der Waals surface area contributed by atoms with E-state index in [1.54, 1.807) is 43.3 Å². The van der Waals surface area contributed by atoms with Crippen molar-refractivity contribution in [1.29, 1.82) is 0 Å². The van der Waals surface area contributed by atoms with E-state index in [-0.39, 0.29) is 18.3 Å². The van der Waals surface area contributed by atoms with Gasteiger partial charge in [0.15, 0.2) is 0 Å². The van der Waals surface area contributed by atoms with Crippen LogP contribution in [0.3, 0.4) is 0 Å². The normalized spacial score (nSPS) is 10.6. The highest BCUT2D eigenvalue weighted by atomic mass is 19.1. The zero-order chi connectivity index (χ0) is 20.8. The lowest BCUT2D eigenvalue weighted by Crippen LogP contribution is -2.23. The number of carbonyl (C=O) groups is 1. The van der Waals surface area contributed by atoms with Gasteiger partial charge in [0.05, 0.1) is 19.9 Å². The van der Waals surface area contributed by atoms with E-state index in [0.29, 0.717) is 41.4 Å². The van der Waals surface area contributed by atoms with Crippen LogP contribution in [0, 0.1) is 12.7 Å². The Balaban J connectivity index is 1.57. The van der Waals surface area contributed by atoms with Gasteiger partial charge in [-0.2, -0.15) is 0 Å². The first kappa shape index (κ1) is 20.4. The number of aryl methyl sites for hydroxylation is 2. The summed E-state index contributed by atoms with van der Waals surface area (Å²) in [5.74, 6) is 1.65. The summed E-state index contributed by atoms with van der Waals surface area (Å²) in [5, 5.41) is 2.83. The molecule has 29 heavy (non-hydrogen) atoms. The zero-order valence-electron chi connectivity index (χ0n) is 16.7. The lowest BCUT2D eigenvalue weighted by molar-refractivity contribution is -0.121. The van der Waals surface area contributed by atoms with Gasteiger partial charge in [0.1, 0.15) is 23.1 Å². The largest absolute Gasteiger partial charge is 0.497 e. The van der Waals surface area contributed by atoms with Crippen LogP contribution in [0.15, 0.2) is 48.8 Å². The molecule has 0 aliphatic heterocycles. The molecule has 3 aromatic rings. The number of hydrogen-bond acceptors (Lipinski definition) is 4. The van der Waals surface area contributed by atoms with Crippen molar-refractivity contribution in [3.05, 3.63) is 71.6 Å². The van der Waals surface area contributed by atoms with E-state index >= 15 is 0 Å². The van der Waals surface area contributed by atoms with E-state index in [1.807, 2.05) is 25.1 Å². The van der Waals surface area contributed by atoms with Crippen molar-refractivity contribution in [2.75, 3.05) is 14.2 Å². The topological polar surface area (TPSA) is 65.4 Å². The van der Waals surface area contributed by atoms with Crippen LogP contribution in [-0.2, 0) is 17.8 Å². The maximum Gasteiger partial charge on any atom is 0.220 e. The predicted molar refractivity (Wildman–Crippen MR) is 108 cm³/mol. The van der Waals surface area contributed by atoms with Gasteiger partial charge < -0.3 is 19.4 Å². The lowest BCUT2D eigenvalue weighted by atomic mass is 10.1. The average Bonchev–Trinajstić information content (AvgIpc) is 3.16. The number of nitrogens with zero attached hydrogens (tertiary/aromatic N) is 2. The van der Waals surface area contributed by atoms with E-state index in [0.717, 1.165) is 5.56 Å². The standard InChI is InChI=1S/C22H24FN3O3/c1-15-24-10-11-26(15)20-7-4-16(12-19(20)23)14-25-22(27)9-5-17-13-18(28-2)6-8-21(17)29-3/h4,6-8,10-13H,5,9,14H2,1-3H3,(H,25,27). The van der Waals surface area contributed by atoms with Crippen molar-refractivity contribution in [2.24, 2.45) is 0 Å². The molecule has 1 heterocycles. The summed E-state index contributed by atoms with van der Waals surface area (Å²) in [6.45, 7) is 2.07. The Morgan fingerprint density at radius 2 is 2.00 bits per heavy atom. The minimum atomic E-state index is -0.362. The van der Waals surface area contributed by atoms with Gasteiger partial charge in [0.2, 0.25) is 5.91 Å². The molecule has 0 saturated heterocycles. The highest BCUT2D eigenvalue weighted by molar-refractivity contribution is 5.76. The second-order valence-electron chi connectivity index (χ2n) is 6.58. The van der Waals surface area contributed by atoms with Crippen molar-refractivity contribution in [3.63, 3.8) is 0 Å². The molecule has 0 bridgehead atoms. The summed E-state index contributed by atoms with van der Waals surface area (Å²) >= 11 is 0. The molecule has 2 aromatic carbocycles. The third-order valence-corrected chi connectivity index (χ3v) is 4.70. The Morgan fingerprint density at radius 1 is 1.17 bits per heavy atom. The minimum absolute atomic E-state index is 0.121. The molecule has 0 fully saturated rings. The summed E-state index contributed by atoms with van der Waals surface area (Å²) < 4.78 is 26.7. The summed E-state index contributed by atoms with van der Waals surface area (Å²) in [6.07, 6.45) is 4.14. The molecule has 0 unspecified atom stereocenters. The molecule has 1 amide bonds. The van der Waals surface area contributed by atoms with Crippen LogP contribution < -0.4 is 14.8 Å². The van der Waals surface area contributed by atoms with Crippen LogP contribution in [0.25, 0.3) is 5.69 Å². The van der Waals surface area contributed by atoms with Crippen molar-refractivity contribution < 1.29 is 18.7 Å². The third-order valence-electron chi connectivity index (χ3n) is 4.70. The molecular weight excluding hydrogens is 373 g/mol. The number of ether oxygens (including phenoxy) is 2. The van der Waals surface area contributed by atoms with Crippen molar-refractivity contribution in [1.82, 2.24) is 14.9 Å². The number of methoxy groups -OCH3 is 2. The quantitative estimate of drug-likeness (QED) is 0.631. The van der Waals surface area contributed by atoms with E-state index in [2.05, 4.69) is 10.3 Å². The Labute approximate surface area is 169 Å². The Kier molecular flexibility index (Phi) is 6.49. The minimum Gasteiger partial charge on any atom is -0.497 e. The molecule has 6 nitrogen and oxygen atoms in total. The van der Waals surface area contributed by atoms with Gasteiger partial charge in [-0.15, -0.1) is 0 Å². The Morgan fingerprint density at radius 3 is 2.66 bits per heavy atom. The fourth-order valence-electron chi connectivity index (χ4n) is 3.10. The molecule has 0 radical (unpaired) electrons. The summed E-state index contributed by atoms with van der Waals surface area (Å²) in [7, 11) is 3.19. The van der Waals surface area contributed by atoms with Gasteiger partial charge in [0.25, 0.3) is 0 Å². The number of carbonyl (C=O) groups excluding carboxylic acids is 1. The van der Waals surface area contributed by atoms with E-state index in [1.165, 1.54) is 6.07 Å². The average molecular weight is 397 g/mol. The predicted octanol–water partition coefficient (Wildman–Crippen LogP) is 3.59. The number of benzene rings is 2. The molecule has 0 atom stereocenters. The molecule has 0 spiro atoms. The first-order valence-electron chi connectivity index (χ1n) is 9.28. The van der Waals surface area contributed by atoms with Gasteiger partial charge in [-0.3, -0.25) is 4.79 Å². The lowest BCUT2D eigenvalue weighted by Gasteiger charge is -2.11. The van der Waals surface area contributed by atoms with E-state index in [9.17, 15) is 9.18 Å². The van der Waals surface area contributed by atoms with Crippen LogP contribution in [0.5, 0.6) is 11.5 Å². The number of halogens is 1. The molecule has 0 saturated carbocycles. The highest BCUT2D eigenvalue weighted by Gasteiger charge is 2.10. The molecular formula is C22H24FN3O3. The second-order valence-corrected chi connectivity index (χ2v) is 6.58. The summed E-state index contributed by atoms with van der Waals surface area (Å²) in [5.41, 5.74) is 2.02. The molecule has 152 valence electrons. The molecule has 7 heteroatoms. The van der Waals surface area contributed by atoms with Crippen molar-refractivity contribution >= 4 is 5.91 Å². The monoisotopic (exact) mass is 397 g/mol. The third kappa shape index (κ3) is 4.93. The number of imidazole rings is 1. The van der Waals surface area contributed by atoms with Gasteiger partial charge in [0, 0.05) is 25.4 Å². The number of rotatable bonds is 8. The van der Waals surface area contributed by atoms with Crippen molar-refractivity contribution in [2.45, 2.75) is 26.3 Å². The Bertz CT molecular complexity index is 1000. The van der Waals surface area contributed by atoms with Gasteiger partial charge >= 0.3 is 0 Å². The fourth-order valence-corrected chi connectivity index (χ4v) is 3.10.